The van der Waals surface area contributed by atoms with Crippen LogP contribution in [0.25, 0.3) is 10.8 Å². The predicted molar refractivity (Wildman–Crippen MR) is 109 cm³/mol. The van der Waals surface area contributed by atoms with Crippen LogP contribution in [-0.2, 0) is 11.2 Å². The van der Waals surface area contributed by atoms with Crippen molar-refractivity contribution in [3.63, 3.8) is 0 Å². The number of aryl methyl sites for hydroxylation is 1. The van der Waals surface area contributed by atoms with E-state index < -0.39 is 0 Å². The fourth-order valence-corrected chi connectivity index (χ4v) is 4.53. The van der Waals surface area contributed by atoms with E-state index in [0.29, 0.717) is 5.75 Å². The lowest BCUT2D eigenvalue weighted by molar-refractivity contribution is -0.115. The summed E-state index contributed by atoms with van der Waals surface area (Å²) < 4.78 is 5.30. The minimum Gasteiger partial charge on any atom is -0.497 e. The van der Waals surface area contributed by atoms with Crippen LogP contribution in [0.5, 0.6) is 5.75 Å². The summed E-state index contributed by atoms with van der Waals surface area (Å²) in [6.45, 7) is 2.14. The minimum atomic E-state index is 0.0153. The highest BCUT2D eigenvalue weighted by Crippen LogP contribution is 2.42. The Bertz CT molecular complexity index is 952. The van der Waals surface area contributed by atoms with Crippen LogP contribution in [0.4, 0.5) is 5.69 Å². The molecule has 1 amide bonds. The number of hydrogen-bond acceptors (Lipinski definition) is 3. The zero-order valence-corrected chi connectivity index (χ0v) is 15.8. The Morgan fingerprint density at radius 1 is 1.04 bits per heavy atom. The predicted octanol–water partition coefficient (Wildman–Crippen LogP) is 5.19. The van der Waals surface area contributed by atoms with Gasteiger partial charge in [-0.25, -0.2) is 0 Å². The first-order chi connectivity index (χ1) is 12.7. The average molecular weight is 363 g/mol. The van der Waals surface area contributed by atoms with Gasteiger partial charge in [-0.3, -0.25) is 9.69 Å². The summed E-state index contributed by atoms with van der Waals surface area (Å²) in [6, 6.07) is 20.8. The number of ether oxygens (including phenoxy) is 1. The molecule has 0 unspecified atom stereocenters. The largest absolute Gasteiger partial charge is 0.497 e. The van der Waals surface area contributed by atoms with Crippen LogP contribution in [0.15, 0.2) is 60.7 Å². The number of rotatable bonds is 4. The van der Waals surface area contributed by atoms with E-state index in [4.69, 9.17) is 4.74 Å². The lowest BCUT2D eigenvalue weighted by atomic mass is 10.1. The Hall–Kier alpha value is -2.46. The van der Waals surface area contributed by atoms with Crippen molar-refractivity contribution in [2.45, 2.75) is 18.7 Å². The van der Waals surface area contributed by atoms with Gasteiger partial charge in [-0.1, -0.05) is 37.3 Å². The molecule has 3 aromatic carbocycles. The monoisotopic (exact) mass is 363 g/mol. The summed E-state index contributed by atoms with van der Waals surface area (Å²) in [6.07, 6.45) is 1.00. The Labute approximate surface area is 158 Å². The van der Waals surface area contributed by atoms with Crippen molar-refractivity contribution >= 4 is 34.1 Å². The maximum absolute atomic E-state index is 12.5. The highest BCUT2D eigenvalue weighted by molar-refractivity contribution is 8.00. The van der Waals surface area contributed by atoms with Gasteiger partial charge in [0.05, 0.1) is 12.9 Å². The van der Waals surface area contributed by atoms with Gasteiger partial charge in [0, 0.05) is 5.69 Å². The van der Waals surface area contributed by atoms with Crippen LogP contribution in [0.3, 0.4) is 0 Å². The molecule has 0 saturated carbocycles. The van der Waals surface area contributed by atoms with Crippen LogP contribution in [0.2, 0.25) is 0 Å². The molecule has 1 aliphatic heterocycles. The number of hydrogen-bond donors (Lipinski definition) is 0. The summed E-state index contributed by atoms with van der Waals surface area (Å²) in [7, 11) is 1.68. The Balaban J connectivity index is 1.70. The molecule has 0 bridgehead atoms. The van der Waals surface area contributed by atoms with E-state index in [9.17, 15) is 4.79 Å². The van der Waals surface area contributed by atoms with Crippen LogP contribution >= 0.6 is 11.8 Å². The van der Waals surface area contributed by atoms with Crippen molar-refractivity contribution in [2.24, 2.45) is 0 Å². The van der Waals surface area contributed by atoms with Gasteiger partial charge in [-0.05, 0) is 58.7 Å². The van der Waals surface area contributed by atoms with E-state index in [0.717, 1.165) is 34.2 Å². The van der Waals surface area contributed by atoms with Gasteiger partial charge >= 0.3 is 0 Å². The second kappa shape index (κ2) is 7.04. The number of anilines is 1. The lowest BCUT2D eigenvalue weighted by Gasteiger charge is -2.25. The molecule has 0 aliphatic carbocycles. The third-order valence-electron chi connectivity index (χ3n) is 4.85. The number of carbonyl (C=O) groups is 1. The number of amides is 1. The van der Waals surface area contributed by atoms with E-state index >= 15 is 0 Å². The van der Waals surface area contributed by atoms with Crippen molar-refractivity contribution in [3.8, 4) is 5.75 Å². The summed E-state index contributed by atoms with van der Waals surface area (Å²) in [5.41, 5.74) is 3.40. The topological polar surface area (TPSA) is 29.5 Å². The third-order valence-corrected chi connectivity index (χ3v) is 6.06. The van der Waals surface area contributed by atoms with Crippen LogP contribution < -0.4 is 9.64 Å². The van der Waals surface area contributed by atoms with E-state index in [2.05, 4.69) is 55.5 Å². The van der Waals surface area contributed by atoms with Crippen LogP contribution in [-0.4, -0.2) is 18.8 Å². The molecule has 1 heterocycles. The molecule has 0 N–H and O–H groups in total. The number of thioether (sulfide) groups is 1. The Kier molecular flexibility index (Phi) is 4.60. The standard InChI is InChI=1S/C22H21NO2S/c1-3-15-4-9-19(10-5-15)23-21(24)14-26-22(23)18-7-6-17-13-20(25-2)11-8-16(17)12-18/h4-13,22H,3,14H2,1-2H3/t22-/m0/s1. The second-order valence-electron chi connectivity index (χ2n) is 6.42. The minimum absolute atomic E-state index is 0.0153. The maximum Gasteiger partial charge on any atom is 0.238 e. The van der Waals surface area contributed by atoms with Gasteiger partial charge < -0.3 is 4.74 Å². The number of carbonyl (C=O) groups excluding carboxylic acids is 1. The molecule has 0 spiro atoms. The first kappa shape index (κ1) is 17.0. The van der Waals surface area contributed by atoms with E-state index in [1.807, 2.05) is 17.0 Å². The van der Waals surface area contributed by atoms with Crippen molar-refractivity contribution in [2.75, 3.05) is 17.8 Å². The zero-order valence-electron chi connectivity index (χ0n) is 14.9. The van der Waals surface area contributed by atoms with Crippen LogP contribution in [0.1, 0.15) is 23.4 Å². The molecule has 1 fully saturated rings. The number of methoxy groups -OCH3 is 1. The fraction of sp³-hybridized carbons (Fsp3) is 0.227. The summed E-state index contributed by atoms with van der Waals surface area (Å²) >= 11 is 1.68. The summed E-state index contributed by atoms with van der Waals surface area (Å²) in [4.78, 5) is 14.5. The van der Waals surface area contributed by atoms with Gasteiger partial charge in [0.15, 0.2) is 0 Å². The summed E-state index contributed by atoms with van der Waals surface area (Å²) in [5, 5.41) is 2.31. The Morgan fingerprint density at radius 3 is 2.50 bits per heavy atom. The van der Waals surface area contributed by atoms with Gasteiger partial charge in [0.25, 0.3) is 0 Å². The quantitative estimate of drug-likeness (QED) is 0.639. The summed E-state index contributed by atoms with van der Waals surface area (Å²) in [5.74, 6) is 1.54. The molecule has 132 valence electrons. The van der Waals surface area contributed by atoms with Gasteiger partial charge in [0.2, 0.25) is 5.91 Å². The van der Waals surface area contributed by atoms with Gasteiger partial charge in [-0.2, -0.15) is 0 Å². The van der Waals surface area contributed by atoms with Crippen molar-refractivity contribution in [3.05, 3.63) is 71.8 Å². The first-order valence-electron chi connectivity index (χ1n) is 8.80. The number of nitrogens with zero attached hydrogens (tertiary/aromatic N) is 1. The van der Waals surface area contributed by atoms with E-state index in [-0.39, 0.29) is 11.3 Å². The number of benzene rings is 3. The molecule has 1 atom stereocenters. The van der Waals surface area contributed by atoms with E-state index in [1.165, 1.54) is 5.56 Å². The molecule has 4 rings (SSSR count). The van der Waals surface area contributed by atoms with E-state index in [1.54, 1.807) is 18.9 Å². The third kappa shape index (κ3) is 3.06. The molecule has 1 aliphatic rings. The molecule has 0 radical (unpaired) electrons. The smallest absolute Gasteiger partial charge is 0.238 e. The van der Waals surface area contributed by atoms with Crippen molar-refractivity contribution in [1.82, 2.24) is 0 Å². The maximum atomic E-state index is 12.5. The van der Waals surface area contributed by atoms with Gasteiger partial charge in [0.1, 0.15) is 11.1 Å². The molecular formula is C22H21NO2S. The molecule has 3 aromatic rings. The molecule has 0 aromatic heterocycles. The SMILES string of the molecule is CCc1ccc(N2C(=O)CS[C@H]2c2ccc3cc(OC)ccc3c2)cc1. The first-order valence-corrected chi connectivity index (χ1v) is 9.85. The highest BCUT2D eigenvalue weighted by Gasteiger charge is 2.34. The molecule has 3 nitrogen and oxygen atoms in total. The highest BCUT2D eigenvalue weighted by atomic mass is 32.2. The molecule has 26 heavy (non-hydrogen) atoms. The average Bonchev–Trinajstić information content (AvgIpc) is 3.08. The number of fused-ring (bicyclic) bond motifs is 1. The molecule has 4 heteroatoms. The van der Waals surface area contributed by atoms with Crippen molar-refractivity contribution in [1.29, 1.82) is 0 Å². The van der Waals surface area contributed by atoms with Crippen molar-refractivity contribution < 1.29 is 9.53 Å². The lowest BCUT2D eigenvalue weighted by Crippen LogP contribution is -2.27. The fourth-order valence-electron chi connectivity index (χ4n) is 3.36. The molecule has 1 saturated heterocycles. The van der Waals surface area contributed by atoms with Gasteiger partial charge in [-0.15, -0.1) is 11.8 Å². The zero-order chi connectivity index (χ0) is 18.1. The molecular weight excluding hydrogens is 342 g/mol. The van der Waals surface area contributed by atoms with Crippen LogP contribution in [0, 0.1) is 0 Å². The normalized spacial score (nSPS) is 17.1. The second-order valence-corrected chi connectivity index (χ2v) is 7.49. The Morgan fingerprint density at radius 2 is 1.77 bits per heavy atom.